The molecule has 4 heteroatoms. The molecule has 0 amide bonds. The van der Waals surface area contributed by atoms with Crippen molar-refractivity contribution in [1.29, 1.82) is 0 Å². The molecule has 2 rings (SSSR count). The molecule has 0 saturated heterocycles. The first-order valence-electron chi connectivity index (χ1n) is 4.38. The summed E-state index contributed by atoms with van der Waals surface area (Å²) in [6, 6.07) is 3.54. The Hall–Kier alpha value is -1.35. The second-order valence-corrected chi connectivity index (χ2v) is 3.37. The van der Waals surface area contributed by atoms with Gasteiger partial charge in [0.05, 0.1) is 5.52 Å². The van der Waals surface area contributed by atoms with Crippen LogP contribution < -0.4 is 0 Å². The molecule has 0 aliphatic heterocycles. The molecule has 0 N–H and O–H groups in total. The van der Waals surface area contributed by atoms with Gasteiger partial charge in [0.25, 0.3) is 0 Å². The van der Waals surface area contributed by atoms with Crippen molar-refractivity contribution >= 4 is 23.4 Å². The van der Waals surface area contributed by atoms with Gasteiger partial charge < -0.3 is 4.40 Å². The molecule has 2 heterocycles. The smallest absolute Gasteiger partial charge is 0.155 e. The lowest BCUT2D eigenvalue weighted by molar-refractivity contribution is 0.112. The minimum Gasteiger partial charge on any atom is -0.301 e. The number of halogens is 1. The maximum Gasteiger partial charge on any atom is 0.155 e. The number of hydrogen-bond acceptors (Lipinski definition) is 2. The summed E-state index contributed by atoms with van der Waals surface area (Å²) in [4.78, 5) is 14.8. The molecule has 0 aliphatic carbocycles. The molecule has 0 aliphatic rings. The molecule has 0 fully saturated rings. The van der Waals surface area contributed by atoms with Gasteiger partial charge in [-0.3, -0.25) is 4.79 Å². The minimum atomic E-state index is 0.485. The molecule has 0 spiro atoms. The van der Waals surface area contributed by atoms with Gasteiger partial charge in [0.15, 0.2) is 11.4 Å². The highest BCUT2D eigenvalue weighted by atomic mass is 35.5. The van der Waals surface area contributed by atoms with Gasteiger partial charge in [-0.05, 0) is 12.1 Å². The summed E-state index contributed by atoms with van der Waals surface area (Å²) in [7, 11) is 0. The number of aryl methyl sites for hydroxylation is 1. The van der Waals surface area contributed by atoms with E-state index in [1.54, 1.807) is 18.3 Å². The second kappa shape index (κ2) is 3.42. The van der Waals surface area contributed by atoms with E-state index in [-0.39, 0.29) is 0 Å². The molecule has 0 saturated carbocycles. The maximum absolute atomic E-state index is 10.6. The van der Waals surface area contributed by atoms with E-state index in [2.05, 4.69) is 4.98 Å². The van der Waals surface area contributed by atoms with Crippen LogP contribution in [0.3, 0.4) is 0 Å². The largest absolute Gasteiger partial charge is 0.301 e. The van der Waals surface area contributed by atoms with Crippen molar-refractivity contribution in [3.8, 4) is 0 Å². The lowest BCUT2D eigenvalue weighted by Gasteiger charge is -1.98. The maximum atomic E-state index is 10.6. The third-order valence-corrected chi connectivity index (χ3v) is 2.42. The third-order valence-electron chi connectivity index (χ3n) is 2.14. The van der Waals surface area contributed by atoms with Gasteiger partial charge in [-0.1, -0.05) is 18.5 Å². The van der Waals surface area contributed by atoms with Crippen LogP contribution in [0.15, 0.2) is 18.3 Å². The van der Waals surface area contributed by atoms with E-state index in [9.17, 15) is 4.79 Å². The Morgan fingerprint density at radius 3 is 3.00 bits per heavy atom. The standard InChI is InChI=1S/C10H9ClN2O/c1-2-9-12-10(11)8-4-3-7(6-14)5-13(8)9/h3-6H,2H2,1H3. The van der Waals surface area contributed by atoms with Crippen molar-refractivity contribution in [2.75, 3.05) is 0 Å². The summed E-state index contributed by atoms with van der Waals surface area (Å²) in [5, 5.41) is 0.485. The number of aldehydes is 1. The number of carbonyl (C=O) groups is 1. The molecule has 14 heavy (non-hydrogen) atoms. The van der Waals surface area contributed by atoms with E-state index < -0.39 is 0 Å². The monoisotopic (exact) mass is 208 g/mol. The van der Waals surface area contributed by atoms with E-state index in [4.69, 9.17) is 11.6 Å². The minimum absolute atomic E-state index is 0.485. The van der Waals surface area contributed by atoms with E-state index in [1.165, 1.54) is 0 Å². The molecule has 0 aromatic carbocycles. The Balaban J connectivity index is 2.77. The molecule has 72 valence electrons. The van der Waals surface area contributed by atoms with Crippen molar-refractivity contribution in [1.82, 2.24) is 9.38 Å². The highest BCUT2D eigenvalue weighted by Crippen LogP contribution is 2.18. The average molecular weight is 209 g/mol. The van der Waals surface area contributed by atoms with Gasteiger partial charge in [0.1, 0.15) is 5.82 Å². The lowest BCUT2D eigenvalue weighted by atomic mass is 10.3. The van der Waals surface area contributed by atoms with Crippen LogP contribution in [-0.2, 0) is 6.42 Å². The summed E-state index contributed by atoms with van der Waals surface area (Å²) < 4.78 is 1.85. The number of carbonyl (C=O) groups excluding carboxylic acids is 1. The zero-order valence-corrected chi connectivity index (χ0v) is 8.45. The van der Waals surface area contributed by atoms with Crippen LogP contribution in [0.4, 0.5) is 0 Å². The summed E-state index contributed by atoms with van der Waals surface area (Å²) in [6.07, 6.45) is 3.35. The summed E-state index contributed by atoms with van der Waals surface area (Å²) in [5.41, 5.74) is 1.47. The molecule has 0 radical (unpaired) electrons. The number of pyridine rings is 1. The van der Waals surface area contributed by atoms with Crippen molar-refractivity contribution < 1.29 is 4.79 Å². The molecule has 2 aromatic rings. The topological polar surface area (TPSA) is 34.4 Å². The number of rotatable bonds is 2. The van der Waals surface area contributed by atoms with E-state index in [0.29, 0.717) is 10.7 Å². The van der Waals surface area contributed by atoms with Crippen LogP contribution in [0.1, 0.15) is 23.1 Å². The van der Waals surface area contributed by atoms with E-state index in [1.807, 2.05) is 11.3 Å². The van der Waals surface area contributed by atoms with Gasteiger partial charge in [-0.15, -0.1) is 0 Å². The first kappa shape index (κ1) is 9.21. The third kappa shape index (κ3) is 1.30. The zero-order chi connectivity index (χ0) is 10.1. The van der Waals surface area contributed by atoms with E-state index >= 15 is 0 Å². The van der Waals surface area contributed by atoms with Gasteiger partial charge >= 0.3 is 0 Å². The summed E-state index contributed by atoms with van der Waals surface area (Å²) in [6.45, 7) is 2.00. The first-order valence-corrected chi connectivity index (χ1v) is 4.75. The van der Waals surface area contributed by atoms with Gasteiger partial charge in [-0.2, -0.15) is 0 Å². The Bertz CT molecular complexity index is 490. The molecular formula is C10H9ClN2O. The SMILES string of the molecule is CCc1nc(Cl)c2ccc(C=O)cn12. The molecule has 2 aromatic heterocycles. The number of fused-ring (bicyclic) bond motifs is 1. The fraction of sp³-hybridized carbons (Fsp3) is 0.200. The van der Waals surface area contributed by atoms with Gasteiger partial charge in [0, 0.05) is 18.2 Å². The predicted octanol–water partition coefficient (Wildman–Crippen LogP) is 2.36. The van der Waals surface area contributed by atoms with Crippen molar-refractivity contribution in [3.05, 3.63) is 34.9 Å². The predicted molar refractivity (Wildman–Crippen MR) is 55.0 cm³/mol. The van der Waals surface area contributed by atoms with Gasteiger partial charge in [-0.25, -0.2) is 4.98 Å². The van der Waals surface area contributed by atoms with Crippen LogP contribution >= 0.6 is 11.6 Å². The molecular weight excluding hydrogens is 200 g/mol. The lowest BCUT2D eigenvalue weighted by Crippen LogP contribution is -1.93. The summed E-state index contributed by atoms with van der Waals surface area (Å²) in [5.74, 6) is 0.869. The highest BCUT2D eigenvalue weighted by molar-refractivity contribution is 6.32. The van der Waals surface area contributed by atoms with Crippen molar-refractivity contribution in [2.24, 2.45) is 0 Å². The molecule has 0 atom stereocenters. The molecule has 0 bridgehead atoms. The fourth-order valence-electron chi connectivity index (χ4n) is 1.44. The number of aromatic nitrogens is 2. The number of imidazole rings is 1. The highest BCUT2D eigenvalue weighted by Gasteiger charge is 2.07. The number of hydrogen-bond donors (Lipinski definition) is 0. The Morgan fingerprint density at radius 1 is 1.57 bits per heavy atom. The zero-order valence-electron chi connectivity index (χ0n) is 7.70. The first-order chi connectivity index (χ1) is 6.76. The Labute approximate surface area is 86.3 Å². The van der Waals surface area contributed by atoms with Crippen LogP contribution in [-0.4, -0.2) is 15.7 Å². The van der Waals surface area contributed by atoms with Gasteiger partial charge in [0.2, 0.25) is 0 Å². The Morgan fingerprint density at radius 2 is 2.36 bits per heavy atom. The quantitative estimate of drug-likeness (QED) is 0.711. The van der Waals surface area contributed by atoms with Crippen molar-refractivity contribution in [3.63, 3.8) is 0 Å². The van der Waals surface area contributed by atoms with Crippen LogP contribution in [0.2, 0.25) is 5.15 Å². The number of nitrogens with zero attached hydrogens (tertiary/aromatic N) is 2. The normalized spacial score (nSPS) is 10.7. The second-order valence-electron chi connectivity index (χ2n) is 3.01. The summed E-state index contributed by atoms with van der Waals surface area (Å²) >= 11 is 5.93. The fourth-order valence-corrected chi connectivity index (χ4v) is 1.69. The van der Waals surface area contributed by atoms with E-state index in [0.717, 1.165) is 24.0 Å². The van der Waals surface area contributed by atoms with Crippen molar-refractivity contribution in [2.45, 2.75) is 13.3 Å². The van der Waals surface area contributed by atoms with Crippen LogP contribution in [0.5, 0.6) is 0 Å². The van der Waals surface area contributed by atoms with Crippen LogP contribution in [0, 0.1) is 0 Å². The molecule has 0 unspecified atom stereocenters. The molecule has 3 nitrogen and oxygen atoms in total. The van der Waals surface area contributed by atoms with Crippen LogP contribution in [0.25, 0.3) is 5.52 Å². The average Bonchev–Trinajstić information content (AvgIpc) is 2.55. The Kier molecular flexibility index (Phi) is 2.25.